The average Bonchev–Trinajstić information content (AvgIpc) is 2.46. The molecule has 1 aromatic carbocycles. The van der Waals surface area contributed by atoms with Crippen LogP contribution in [0.2, 0.25) is 0 Å². The molecule has 0 saturated carbocycles. The highest BCUT2D eigenvalue weighted by atomic mass is 19.4. The number of hydrogen-bond donors (Lipinski definition) is 0. The number of halogens is 4. The molecule has 0 radical (unpaired) electrons. The van der Waals surface area contributed by atoms with Gasteiger partial charge in [-0.2, -0.15) is 17.6 Å². The fourth-order valence-corrected chi connectivity index (χ4v) is 1.83. The van der Waals surface area contributed by atoms with Crippen LogP contribution in [-0.2, 0) is 10.9 Å². The van der Waals surface area contributed by atoms with E-state index in [4.69, 9.17) is 0 Å². The molecule has 1 aromatic heterocycles. The number of methoxy groups -OCH3 is 1. The van der Waals surface area contributed by atoms with Gasteiger partial charge in [0.1, 0.15) is 0 Å². The van der Waals surface area contributed by atoms with Crippen molar-refractivity contribution in [1.29, 1.82) is 0 Å². The first-order valence-corrected chi connectivity index (χ1v) is 5.75. The van der Waals surface area contributed by atoms with E-state index >= 15 is 0 Å². The van der Waals surface area contributed by atoms with Crippen LogP contribution in [0.4, 0.5) is 17.6 Å². The highest BCUT2D eigenvalue weighted by Crippen LogP contribution is 2.37. The Hall–Kier alpha value is -2.44. The van der Waals surface area contributed by atoms with Crippen molar-refractivity contribution in [2.24, 2.45) is 0 Å². The van der Waals surface area contributed by atoms with Crippen LogP contribution in [0, 0.1) is 5.95 Å². The van der Waals surface area contributed by atoms with Gasteiger partial charge in [0, 0.05) is 11.8 Å². The molecule has 0 aliphatic heterocycles. The lowest BCUT2D eigenvalue weighted by molar-refractivity contribution is -0.137. The number of carbonyl (C=O) groups is 1. The normalized spacial score (nSPS) is 11.3. The smallest absolute Gasteiger partial charge is 0.417 e. The Morgan fingerprint density at radius 1 is 1.19 bits per heavy atom. The Morgan fingerprint density at radius 3 is 2.48 bits per heavy atom. The summed E-state index contributed by atoms with van der Waals surface area (Å²) in [4.78, 5) is 14.7. The third-order valence-electron chi connectivity index (χ3n) is 2.78. The second-order valence-electron chi connectivity index (χ2n) is 4.10. The van der Waals surface area contributed by atoms with E-state index in [2.05, 4.69) is 9.72 Å². The number of esters is 1. The molecule has 0 unspecified atom stereocenters. The third-order valence-corrected chi connectivity index (χ3v) is 2.78. The zero-order valence-electron chi connectivity index (χ0n) is 10.7. The summed E-state index contributed by atoms with van der Waals surface area (Å²) >= 11 is 0. The number of carbonyl (C=O) groups excluding carboxylic acids is 1. The molecule has 7 heteroatoms. The minimum absolute atomic E-state index is 0.133. The first kappa shape index (κ1) is 15.0. The maximum absolute atomic E-state index is 13.8. The Kier molecular flexibility index (Phi) is 3.93. The number of ether oxygens (including phenoxy) is 1. The van der Waals surface area contributed by atoms with Crippen LogP contribution in [0.1, 0.15) is 15.9 Å². The van der Waals surface area contributed by atoms with Crippen molar-refractivity contribution in [3.8, 4) is 11.1 Å². The molecule has 110 valence electrons. The van der Waals surface area contributed by atoms with Crippen LogP contribution in [0.25, 0.3) is 11.1 Å². The SMILES string of the molecule is COC(=O)c1cnc(F)c(-c2ccccc2C(F)(F)F)c1. The number of alkyl halides is 3. The second kappa shape index (κ2) is 5.51. The first-order valence-electron chi connectivity index (χ1n) is 5.75. The van der Waals surface area contributed by atoms with Gasteiger partial charge in [0.25, 0.3) is 0 Å². The lowest BCUT2D eigenvalue weighted by Gasteiger charge is -2.13. The predicted octanol–water partition coefficient (Wildman–Crippen LogP) is 3.69. The summed E-state index contributed by atoms with van der Waals surface area (Å²) in [6.07, 6.45) is -3.74. The fraction of sp³-hybridized carbons (Fsp3) is 0.143. The highest BCUT2D eigenvalue weighted by Gasteiger charge is 2.34. The topological polar surface area (TPSA) is 39.2 Å². The zero-order valence-corrected chi connectivity index (χ0v) is 10.7. The Balaban J connectivity index is 2.65. The number of hydrogen-bond acceptors (Lipinski definition) is 3. The van der Waals surface area contributed by atoms with Crippen molar-refractivity contribution in [3.05, 3.63) is 53.6 Å². The van der Waals surface area contributed by atoms with Gasteiger partial charge in [0.05, 0.1) is 18.2 Å². The highest BCUT2D eigenvalue weighted by molar-refractivity contribution is 5.90. The molecule has 0 aliphatic rings. The molecule has 0 N–H and O–H groups in total. The Bertz CT molecular complexity index is 683. The molecular weight excluding hydrogens is 290 g/mol. The number of benzene rings is 1. The van der Waals surface area contributed by atoms with Gasteiger partial charge in [-0.25, -0.2) is 9.78 Å². The predicted molar refractivity (Wildman–Crippen MR) is 66.0 cm³/mol. The summed E-state index contributed by atoms with van der Waals surface area (Å²) in [5.74, 6) is -1.91. The van der Waals surface area contributed by atoms with Crippen molar-refractivity contribution in [2.45, 2.75) is 6.18 Å². The molecule has 3 nitrogen and oxygen atoms in total. The summed E-state index contributed by atoms with van der Waals surface area (Å²) in [7, 11) is 1.11. The largest absolute Gasteiger partial charge is 0.465 e. The Labute approximate surface area is 117 Å². The quantitative estimate of drug-likeness (QED) is 0.482. The van der Waals surface area contributed by atoms with Gasteiger partial charge in [-0.3, -0.25) is 0 Å². The van der Waals surface area contributed by atoms with Crippen molar-refractivity contribution in [3.63, 3.8) is 0 Å². The van der Waals surface area contributed by atoms with E-state index in [9.17, 15) is 22.4 Å². The van der Waals surface area contributed by atoms with Gasteiger partial charge in [0.2, 0.25) is 5.95 Å². The average molecular weight is 299 g/mol. The van der Waals surface area contributed by atoms with Crippen LogP contribution >= 0.6 is 0 Å². The van der Waals surface area contributed by atoms with Crippen LogP contribution in [-0.4, -0.2) is 18.1 Å². The molecule has 0 amide bonds. The van der Waals surface area contributed by atoms with E-state index < -0.39 is 29.2 Å². The summed E-state index contributed by atoms with van der Waals surface area (Å²) in [5.41, 5.74) is -1.94. The van der Waals surface area contributed by atoms with Crippen LogP contribution in [0.5, 0.6) is 0 Å². The minimum atomic E-state index is -4.65. The molecule has 2 aromatic rings. The van der Waals surface area contributed by atoms with E-state index in [1.807, 2.05) is 0 Å². The molecule has 0 fully saturated rings. The Morgan fingerprint density at radius 2 is 1.86 bits per heavy atom. The second-order valence-corrected chi connectivity index (χ2v) is 4.10. The summed E-state index contributed by atoms with van der Waals surface area (Å²) in [5, 5.41) is 0. The van der Waals surface area contributed by atoms with Gasteiger partial charge >= 0.3 is 12.1 Å². The molecule has 0 saturated heterocycles. The maximum Gasteiger partial charge on any atom is 0.417 e. The monoisotopic (exact) mass is 299 g/mol. The zero-order chi connectivity index (χ0) is 15.6. The van der Waals surface area contributed by atoms with Crippen LogP contribution in [0.15, 0.2) is 36.5 Å². The molecule has 21 heavy (non-hydrogen) atoms. The van der Waals surface area contributed by atoms with Crippen LogP contribution < -0.4 is 0 Å². The number of nitrogens with zero attached hydrogens (tertiary/aromatic N) is 1. The van der Waals surface area contributed by atoms with E-state index in [1.165, 1.54) is 12.1 Å². The van der Waals surface area contributed by atoms with E-state index in [-0.39, 0.29) is 11.1 Å². The van der Waals surface area contributed by atoms with Gasteiger partial charge in [0.15, 0.2) is 0 Å². The van der Waals surface area contributed by atoms with Gasteiger partial charge in [-0.15, -0.1) is 0 Å². The lowest BCUT2D eigenvalue weighted by Crippen LogP contribution is -2.09. The summed E-state index contributed by atoms with van der Waals surface area (Å²) < 4.78 is 57.1. The van der Waals surface area contributed by atoms with Crippen LogP contribution in [0.3, 0.4) is 0 Å². The third kappa shape index (κ3) is 3.01. The van der Waals surface area contributed by atoms with Gasteiger partial charge in [-0.05, 0) is 17.7 Å². The molecule has 0 bridgehead atoms. The van der Waals surface area contributed by atoms with E-state index in [0.717, 1.165) is 31.5 Å². The number of rotatable bonds is 2. The summed E-state index contributed by atoms with van der Waals surface area (Å²) in [6, 6.07) is 5.47. The van der Waals surface area contributed by atoms with E-state index in [1.54, 1.807) is 0 Å². The minimum Gasteiger partial charge on any atom is -0.465 e. The van der Waals surface area contributed by atoms with Gasteiger partial charge < -0.3 is 4.74 Å². The number of pyridine rings is 1. The summed E-state index contributed by atoms with van der Waals surface area (Å²) in [6.45, 7) is 0. The first-order chi connectivity index (χ1) is 9.84. The molecule has 0 spiro atoms. The molecule has 1 heterocycles. The van der Waals surface area contributed by atoms with Crippen molar-refractivity contribution in [2.75, 3.05) is 7.11 Å². The molecule has 0 aliphatic carbocycles. The fourth-order valence-electron chi connectivity index (χ4n) is 1.83. The molecule has 2 rings (SSSR count). The van der Waals surface area contributed by atoms with Crippen molar-refractivity contribution < 1.29 is 27.1 Å². The number of aromatic nitrogens is 1. The van der Waals surface area contributed by atoms with E-state index in [0.29, 0.717) is 0 Å². The van der Waals surface area contributed by atoms with Crippen molar-refractivity contribution >= 4 is 5.97 Å². The lowest BCUT2D eigenvalue weighted by atomic mass is 9.99. The maximum atomic E-state index is 13.8. The molecular formula is C14H9F4NO2. The standard InChI is InChI=1S/C14H9F4NO2/c1-21-13(20)8-6-10(12(15)19-7-8)9-4-2-3-5-11(9)14(16,17)18/h2-7H,1H3. The molecule has 0 atom stereocenters. The van der Waals surface area contributed by atoms with Crippen molar-refractivity contribution in [1.82, 2.24) is 4.98 Å². The van der Waals surface area contributed by atoms with Gasteiger partial charge in [-0.1, -0.05) is 18.2 Å².